The van der Waals surface area contributed by atoms with E-state index >= 15 is 0 Å². The molecule has 29 heavy (non-hydrogen) atoms. The lowest BCUT2D eigenvalue weighted by atomic mass is 10.1. The van der Waals surface area contributed by atoms with Gasteiger partial charge in [0.25, 0.3) is 5.56 Å². The highest BCUT2D eigenvalue weighted by Gasteiger charge is 2.06. The molecule has 7 nitrogen and oxygen atoms in total. The monoisotopic (exact) mass is 407 g/mol. The van der Waals surface area contributed by atoms with Crippen molar-refractivity contribution in [2.75, 3.05) is 5.32 Å². The number of aromatic nitrogens is 4. The van der Waals surface area contributed by atoms with Crippen molar-refractivity contribution < 1.29 is 4.79 Å². The minimum Gasteiger partial charge on any atom is -0.332 e. The van der Waals surface area contributed by atoms with Crippen molar-refractivity contribution >= 4 is 45.6 Å². The summed E-state index contributed by atoms with van der Waals surface area (Å²) in [4.78, 5) is 27.9. The molecule has 2 aromatic heterocycles. The molecule has 0 unspecified atom stereocenters. The van der Waals surface area contributed by atoms with E-state index < -0.39 is 0 Å². The van der Waals surface area contributed by atoms with E-state index in [1.807, 2.05) is 36.4 Å². The van der Waals surface area contributed by atoms with Gasteiger partial charge in [0.05, 0.1) is 22.6 Å². The summed E-state index contributed by atoms with van der Waals surface area (Å²) in [5, 5.41) is 11.4. The Labute approximate surface area is 171 Å². The normalized spacial score (nSPS) is 11.2. The van der Waals surface area contributed by atoms with Crippen molar-refractivity contribution in [1.29, 1.82) is 0 Å². The van der Waals surface area contributed by atoms with Gasteiger partial charge in [-0.2, -0.15) is 5.10 Å². The first-order valence-corrected chi connectivity index (χ1v) is 9.97. The first-order chi connectivity index (χ1) is 14.1. The van der Waals surface area contributed by atoms with E-state index in [1.54, 1.807) is 16.8 Å². The van der Waals surface area contributed by atoms with Crippen LogP contribution >= 0.6 is 12.2 Å². The number of rotatable bonds is 7. The molecule has 3 N–H and O–H groups in total. The van der Waals surface area contributed by atoms with Gasteiger partial charge in [-0.25, -0.2) is 0 Å². The largest absolute Gasteiger partial charge is 0.332 e. The summed E-state index contributed by atoms with van der Waals surface area (Å²) in [6.07, 6.45) is 4.53. The number of anilines is 1. The number of hydrogen-bond acceptors (Lipinski definition) is 4. The van der Waals surface area contributed by atoms with Crippen LogP contribution in [0.15, 0.2) is 53.5 Å². The average molecular weight is 407 g/mol. The summed E-state index contributed by atoms with van der Waals surface area (Å²) in [5.74, 6) is -0.0204. The van der Waals surface area contributed by atoms with Crippen LogP contribution in [-0.4, -0.2) is 25.7 Å². The van der Waals surface area contributed by atoms with Crippen LogP contribution in [-0.2, 0) is 11.3 Å². The number of amides is 1. The zero-order chi connectivity index (χ0) is 20.2. The lowest BCUT2D eigenvalue weighted by Crippen LogP contribution is -2.22. The third kappa shape index (κ3) is 4.27. The van der Waals surface area contributed by atoms with E-state index in [0.717, 1.165) is 41.4 Å². The van der Waals surface area contributed by atoms with Crippen LogP contribution in [0.5, 0.6) is 0 Å². The first kappa shape index (κ1) is 19.1. The van der Waals surface area contributed by atoms with Crippen LogP contribution < -0.4 is 10.9 Å². The van der Waals surface area contributed by atoms with Gasteiger partial charge in [-0.3, -0.25) is 19.3 Å². The van der Waals surface area contributed by atoms with E-state index in [2.05, 4.69) is 20.5 Å². The number of unbranched alkanes of at least 4 members (excludes halogenated alkanes) is 2. The molecule has 0 spiro atoms. The number of benzene rings is 2. The molecule has 0 saturated heterocycles. The van der Waals surface area contributed by atoms with Gasteiger partial charge in [0.2, 0.25) is 5.91 Å². The molecule has 0 aliphatic heterocycles. The second-order valence-electron chi connectivity index (χ2n) is 6.96. The summed E-state index contributed by atoms with van der Waals surface area (Å²) >= 11 is 5.32. The molecule has 0 radical (unpaired) electrons. The average Bonchev–Trinajstić information content (AvgIpc) is 3.18. The quantitative estimate of drug-likeness (QED) is 0.317. The molecule has 4 rings (SSSR count). The van der Waals surface area contributed by atoms with Crippen LogP contribution in [0, 0.1) is 4.77 Å². The predicted octanol–water partition coefficient (Wildman–Crippen LogP) is 4.13. The summed E-state index contributed by atoms with van der Waals surface area (Å²) in [7, 11) is 0. The fourth-order valence-corrected chi connectivity index (χ4v) is 3.66. The lowest BCUT2D eigenvalue weighted by Gasteiger charge is -2.08. The van der Waals surface area contributed by atoms with E-state index in [4.69, 9.17) is 12.2 Å². The van der Waals surface area contributed by atoms with E-state index in [-0.39, 0.29) is 11.5 Å². The molecule has 2 aromatic carbocycles. The Morgan fingerprint density at radius 1 is 1.10 bits per heavy atom. The maximum atomic E-state index is 12.6. The van der Waals surface area contributed by atoms with Gasteiger partial charge >= 0.3 is 0 Å². The Balaban J connectivity index is 1.27. The van der Waals surface area contributed by atoms with Gasteiger partial charge in [0, 0.05) is 24.0 Å². The number of carbonyl (C=O) groups excluding carboxylic acids is 1. The standard InChI is InChI=1S/C21H21N5O2S/c27-19(23-15-9-10-17-14(12-15)13-22-25-17)8-2-1-5-11-26-20(28)16-6-3-4-7-18(16)24-21(26)29/h3-4,6-7,9-10,12-13H,1-2,5,8,11H2,(H,22,25)(H,23,27)(H,24,29). The maximum absolute atomic E-state index is 12.6. The summed E-state index contributed by atoms with van der Waals surface area (Å²) in [5.41, 5.74) is 2.38. The number of nitrogens with one attached hydrogen (secondary N) is 3. The highest BCUT2D eigenvalue weighted by molar-refractivity contribution is 7.71. The number of para-hydroxylation sites is 1. The Morgan fingerprint density at radius 3 is 2.86 bits per heavy atom. The Kier molecular flexibility index (Phi) is 5.53. The van der Waals surface area contributed by atoms with Gasteiger partial charge < -0.3 is 10.3 Å². The van der Waals surface area contributed by atoms with Crippen molar-refractivity contribution in [1.82, 2.24) is 19.7 Å². The predicted molar refractivity (Wildman–Crippen MR) is 117 cm³/mol. The molecule has 0 fully saturated rings. The Morgan fingerprint density at radius 2 is 1.97 bits per heavy atom. The van der Waals surface area contributed by atoms with Gasteiger partial charge in [-0.15, -0.1) is 0 Å². The van der Waals surface area contributed by atoms with Crippen molar-refractivity contribution in [3.63, 3.8) is 0 Å². The number of fused-ring (bicyclic) bond motifs is 2. The van der Waals surface area contributed by atoms with Crippen LogP contribution in [0.4, 0.5) is 5.69 Å². The van der Waals surface area contributed by atoms with Gasteiger partial charge in [0.1, 0.15) is 0 Å². The number of hydrogen-bond donors (Lipinski definition) is 3. The Hall–Kier alpha value is -3.26. The molecule has 1 amide bonds. The second kappa shape index (κ2) is 8.40. The maximum Gasteiger partial charge on any atom is 0.262 e. The van der Waals surface area contributed by atoms with Crippen molar-refractivity contribution in [3.8, 4) is 0 Å². The number of carbonyl (C=O) groups is 1. The first-order valence-electron chi connectivity index (χ1n) is 9.57. The fourth-order valence-electron chi connectivity index (χ4n) is 3.38. The minimum absolute atomic E-state index is 0.0204. The van der Waals surface area contributed by atoms with Crippen molar-refractivity contribution in [2.24, 2.45) is 0 Å². The summed E-state index contributed by atoms with van der Waals surface area (Å²) < 4.78 is 2.03. The third-order valence-corrected chi connectivity index (χ3v) is 5.22. The summed E-state index contributed by atoms with van der Waals surface area (Å²) in [6, 6.07) is 13.0. The number of nitrogens with zero attached hydrogens (tertiary/aromatic N) is 2. The number of aromatic amines is 2. The van der Waals surface area contributed by atoms with Crippen molar-refractivity contribution in [3.05, 3.63) is 63.8 Å². The summed E-state index contributed by atoms with van der Waals surface area (Å²) in [6.45, 7) is 0.539. The Bertz CT molecular complexity index is 1290. The molecule has 0 aliphatic carbocycles. The zero-order valence-electron chi connectivity index (χ0n) is 15.8. The molecular formula is C21H21N5O2S. The van der Waals surface area contributed by atoms with E-state index in [1.165, 1.54) is 0 Å². The van der Waals surface area contributed by atoms with Gasteiger partial charge in [-0.05, 0) is 55.4 Å². The molecule has 0 aliphatic rings. The highest BCUT2D eigenvalue weighted by atomic mass is 32.1. The van der Waals surface area contributed by atoms with Crippen LogP contribution in [0.25, 0.3) is 21.8 Å². The molecule has 8 heteroatoms. The zero-order valence-corrected chi connectivity index (χ0v) is 16.6. The molecule has 148 valence electrons. The van der Waals surface area contributed by atoms with Crippen LogP contribution in [0.1, 0.15) is 25.7 Å². The molecule has 2 heterocycles. The van der Waals surface area contributed by atoms with E-state index in [9.17, 15) is 9.59 Å². The molecule has 0 atom stereocenters. The highest BCUT2D eigenvalue weighted by Crippen LogP contribution is 2.17. The molecule has 4 aromatic rings. The van der Waals surface area contributed by atoms with Gasteiger partial charge in [-0.1, -0.05) is 18.6 Å². The SMILES string of the molecule is O=C(CCCCCn1c(=S)[nH]c2ccccc2c1=O)Nc1ccc2[nH]ncc2c1. The third-order valence-electron chi connectivity index (χ3n) is 4.90. The smallest absolute Gasteiger partial charge is 0.262 e. The minimum atomic E-state index is -0.0725. The van der Waals surface area contributed by atoms with Crippen molar-refractivity contribution in [2.45, 2.75) is 32.2 Å². The van der Waals surface area contributed by atoms with Crippen LogP contribution in [0.3, 0.4) is 0 Å². The lowest BCUT2D eigenvalue weighted by molar-refractivity contribution is -0.116. The fraction of sp³-hybridized carbons (Fsp3) is 0.238. The van der Waals surface area contributed by atoms with E-state index in [0.29, 0.717) is 23.1 Å². The number of H-pyrrole nitrogens is 2. The molecule has 0 saturated carbocycles. The molecular weight excluding hydrogens is 386 g/mol. The second-order valence-corrected chi connectivity index (χ2v) is 7.35. The molecule has 0 bridgehead atoms. The topological polar surface area (TPSA) is 95.6 Å². The van der Waals surface area contributed by atoms with Gasteiger partial charge in [0.15, 0.2) is 4.77 Å². The van der Waals surface area contributed by atoms with Crippen LogP contribution in [0.2, 0.25) is 0 Å².